The molecule has 2 N–H and O–H groups in total. The lowest BCUT2D eigenvalue weighted by atomic mass is 9.82. The van der Waals surface area contributed by atoms with Crippen LogP contribution in [0.25, 0.3) is 0 Å². The number of fused-ring (bicyclic) bond motifs is 1. The minimum atomic E-state index is 0.407. The summed E-state index contributed by atoms with van der Waals surface area (Å²) in [5.74, 6) is 1.19. The van der Waals surface area contributed by atoms with E-state index in [0.29, 0.717) is 17.8 Å². The Kier molecular flexibility index (Phi) is 3.79. The molecule has 19 heavy (non-hydrogen) atoms. The summed E-state index contributed by atoms with van der Waals surface area (Å²) in [4.78, 5) is 0. The van der Waals surface area contributed by atoms with Crippen LogP contribution in [0.4, 0.5) is 0 Å². The fraction of sp³-hybridized carbons (Fsp3) is 0.647. The maximum Gasteiger partial charge on any atom is 0.115 e. The van der Waals surface area contributed by atoms with Crippen molar-refractivity contribution in [2.24, 2.45) is 5.92 Å². The van der Waals surface area contributed by atoms with E-state index in [1.165, 1.54) is 49.7 Å². The highest BCUT2D eigenvalue weighted by Gasteiger charge is 2.27. The van der Waals surface area contributed by atoms with E-state index in [1.807, 2.05) is 12.1 Å². The Morgan fingerprint density at radius 2 is 1.95 bits per heavy atom. The zero-order chi connectivity index (χ0) is 13.2. The highest BCUT2D eigenvalue weighted by Crippen LogP contribution is 2.34. The first-order chi connectivity index (χ1) is 9.24. The van der Waals surface area contributed by atoms with Crippen molar-refractivity contribution < 1.29 is 5.11 Å². The number of phenolic OH excluding ortho intramolecular Hbond substituents is 1. The molecule has 3 rings (SSSR count). The third-order valence-corrected chi connectivity index (χ3v) is 4.97. The van der Waals surface area contributed by atoms with E-state index in [0.717, 1.165) is 12.3 Å². The zero-order valence-corrected chi connectivity index (χ0v) is 11.9. The fourth-order valence-corrected chi connectivity index (χ4v) is 3.78. The molecule has 0 saturated heterocycles. The molecule has 3 atom stereocenters. The third-order valence-electron chi connectivity index (χ3n) is 4.97. The average Bonchev–Trinajstić information content (AvgIpc) is 2.42. The lowest BCUT2D eigenvalue weighted by Crippen LogP contribution is -2.40. The first-order valence-electron chi connectivity index (χ1n) is 7.82. The van der Waals surface area contributed by atoms with Crippen molar-refractivity contribution in [3.8, 4) is 5.75 Å². The predicted molar refractivity (Wildman–Crippen MR) is 78.3 cm³/mol. The predicted octanol–water partition coefficient (Wildman–Crippen LogP) is 3.94. The van der Waals surface area contributed by atoms with Gasteiger partial charge in [-0.1, -0.05) is 25.8 Å². The minimum absolute atomic E-state index is 0.407. The molecule has 0 radical (unpaired) electrons. The van der Waals surface area contributed by atoms with Crippen LogP contribution < -0.4 is 5.32 Å². The summed E-state index contributed by atoms with van der Waals surface area (Å²) < 4.78 is 0. The Labute approximate surface area is 116 Å². The highest BCUT2D eigenvalue weighted by atomic mass is 16.3. The van der Waals surface area contributed by atoms with Gasteiger partial charge in [0.15, 0.2) is 0 Å². The molecule has 2 nitrogen and oxygen atoms in total. The van der Waals surface area contributed by atoms with E-state index in [4.69, 9.17) is 0 Å². The monoisotopic (exact) mass is 259 g/mol. The summed E-state index contributed by atoms with van der Waals surface area (Å²) in [7, 11) is 0. The van der Waals surface area contributed by atoms with E-state index >= 15 is 0 Å². The first kappa shape index (κ1) is 13.0. The second kappa shape index (κ2) is 5.54. The molecule has 0 heterocycles. The Hall–Kier alpha value is -1.02. The SMILES string of the molecule is CC1CCCCC1NC1CCCc2ccc(O)cc21. The van der Waals surface area contributed by atoms with Gasteiger partial charge in [0, 0.05) is 12.1 Å². The molecule has 1 aromatic rings. The zero-order valence-electron chi connectivity index (χ0n) is 11.9. The van der Waals surface area contributed by atoms with Gasteiger partial charge in [-0.15, -0.1) is 0 Å². The molecule has 0 spiro atoms. The van der Waals surface area contributed by atoms with Gasteiger partial charge in [0.2, 0.25) is 0 Å². The van der Waals surface area contributed by atoms with Crippen LogP contribution in [-0.2, 0) is 6.42 Å². The van der Waals surface area contributed by atoms with Crippen molar-refractivity contribution in [2.75, 3.05) is 0 Å². The van der Waals surface area contributed by atoms with Gasteiger partial charge >= 0.3 is 0 Å². The molecule has 2 heteroatoms. The van der Waals surface area contributed by atoms with E-state index in [2.05, 4.69) is 18.3 Å². The molecule has 0 amide bonds. The summed E-state index contributed by atoms with van der Waals surface area (Å²) in [6.07, 6.45) is 9.05. The van der Waals surface area contributed by atoms with E-state index < -0.39 is 0 Å². The van der Waals surface area contributed by atoms with Crippen molar-refractivity contribution in [3.63, 3.8) is 0 Å². The van der Waals surface area contributed by atoms with Crippen LogP contribution in [0.2, 0.25) is 0 Å². The maximum atomic E-state index is 9.74. The van der Waals surface area contributed by atoms with Gasteiger partial charge in [-0.3, -0.25) is 0 Å². The number of benzene rings is 1. The van der Waals surface area contributed by atoms with Crippen LogP contribution in [-0.4, -0.2) is 11.1 Å². The van der Waals surface area contributed by atoms with Gasteiger partial charge in [0.1, 0.15) is 5.75 Å². The van der Waals surface area contributed by atoms with E-state index in [-0.39, 0.29) is 0 Å². The molecule has 2 aliphatic carbocycles. The van der Waals surface area contributed by atoms with Gasteiger partial charge in [-0.05, 0) is 61.3 Å². The molecule has 3 unspecified atom stereocenters. The van der Waals surface area contributed by atoms with Crippen LogP contribution in [0.15, 0.2) is 18.2 Å². The second-order valence-electron chi connectivity index (χ2n) is 6.36. The van der Waals surface area contributed by atoms with Crippen LogP contribution >= 0.6 is 0 Å². The summed E-state index contributed by atoms with van der Waals surface area (Å²) in [6, 6.07) is 7.00. The Morgan fingerprint density at radius 1 is 1.11 bits per heavy atom. The normalized spacial score (nSPS) is 30.9. The highest BCUT2D eigenvalue weighted by molar-refractivity contribution is 5.38. The van der Waals surface area contributed by atoms with Crippen LogP contribution in [0.3, 0.4) is 0 Å². The van der Waals surface area contributed by atoms with Crippen molar-refractivity contribution in [3.05, 3.63) is 29.3 Å². The van der Waals surface area contributed by atoms with Gasteiger partial charge in [0.05, 0.1) is 0 Å². The van der Waals surface area contributed by atoms with Crippen molar-refractivity contribution in [1.29, 1.82) is 0 Å². The number of aromatic hydroxyl groups is 1. The molecule has 0 aromatic heterocycles. The summed E-state index contributed by atoms with van der Waals surface area (Å²) >= 11 is 0. The largest absolute Gasteiger partial charge is 0.508 e. The molecule has 0 bridgehead atoms. The van der Waals surface area contributed by atoms with E-state index in [9.17, 15) is 5.11 Å². The number of nitrogens with one attached hydrogen (secondary N) is 1. The topological polar surface area (TPSA) is 32.3 Å². The lowest BCUT2D eigenvalue weighted by molar-refractivity contribution is 0.249. The molecule has 1 saturated carbocycles. The summed E-state index contributed by atoms with van der Waals surface area (Å²) in [5, 5.41) is 13.6. The second-order valence-corrected chi connectivity index (χ2v) is 6.36. The van der Waals surface area contributed by atoms with E-state index in [1.54, 1.807) is 0 Å². The van der Waals surface area contributed by atoms with Crippen LogP contribution in [0.1, 0.15) is 62.6 Å². The first-order valence-corrected chi connectivity index (χ1v) is 7.82. The minimum Gasteiger partial charge on any atom is -0.508 e. The summed E-state index contributed by atoms with van der Waals surface area (Å²) in [6.45, 7) is 2.38. The smallest absolute Gasteiger partial charge is 0.115 e. The third kappa shape index (κ3) is 2.79. The molecule has 2 aliphatic rings. The molecule has 0 aliphatic heterocycles. The maximum absolute atomic E-state index is 9.74. The Balaban J connectivity index is 1.77. The number of hydrogen-bond donors (Lipinski definition) is 2. The number of aryl methyl sites for hydroxylation is 1. The van der Waals surface area contributed by atoms with Gasteiger partial charge in [-0.25, -0.2) is 0 Å². The van der Waals surface area contributed by atoms with Crippen LogP contribution in [0, 0.1) is 5.92 Å². The molecule has 104 valence electrons. The molecular formula is C17H25NO. The quantitative estimate of drug-likeness (QED) is 0.843. The Morgan fingerprint density at radius 3 is 2.79 bits per heavy atom. The van der Waals surface area contributed by atoms with Crippen molar-refractivity contribution >= 4 is 0 Å². The Bertz CT molecular complexity index is 443. The van der Waals surface area contributed by atoms with Crippen molar-refractivity contribution in [2.45, 2.75) is 64.0 Å². The molecule has 1 aromatic carbocycles. The number of rotatable bonds is 2. The van der Waals surface area contributed by atoms with Gasteiger partial charge < -0.3 is 10.4 Å². The average molecular weight is 259 g/mol. The standard InChI is InChI=1S/C17H25NO/c1-12-5-2-3-7-16(12)18-17-8-4-6-13-9-10-14(19)11-15(13)17/h9-12,16-19H,2-8H2,1H3. The molecule has 1 fully saturated rings. The number of hydrogen-bond acceptors (Lipinski definition) is 2. The number of phenols is 1. The summed E-state index contributed by atoms with van der Waals surface area (Å²) in [5.41, 5.74) is 2.76. The fourth-order valence-electron chi connectivity index (χ4n) is 3.78. The van der Waals surface area contributed by atoms with Crippen molar-refractivity contribution in [1.82, 2.24) is 5.32 Å². The van der Waals surface area contributed by atoms with Crippen LogP contribution in [0.5, 0.6) is 5.75 Å². The van der Waals surface area contributed by atoms with Gasteiger partial charge in [-0.2, -0.15) is 0 Å². The molecular weight excluding hydrogens is 234 g/mol. The van der Waals surface area contributed by atoms with Gasteiger partial charge in [0.25, 0.3) is 0 Å². The lowest BCUT2D eigenvalue weighted by Gasteiger charge is -2.35.